The molecule has 1 aromatic rings. The lowest BCUT2D eigenvalue weighted by Crippen LogP contribution is -2.40. The van der Waals surface area contributed by atoms with Crippen LogP contribution in [0, 0.1) is 5.92 Å². The molecule has 0 radical (unpaired) electrons. The highest BCUT2D eigenvalue weighted by Crippen LogP contribution is 2.37. The molecule has 0 spiro atoms. The quantitative estimate of drug-likeness (QED) is 0.297. The molecule has 3 nitrogen and oxygen atoms in total. The fraction of sp³-hybridized carbons (Fsp3) is 0.636. The summed E-state index contributed by atoms with van der Waals surface area (Å²) in [5.74, 6) is 0.523. The lowest BCUT2D eigenvalue weighted by molar-refractivity contribution is 0.0151. The van der Waals surface area contributed by atoms with Gasteiger partial charge in [0.05, 0.1) is 13.2 Å². The van der Waals surface area contributed by atoms with Crippen LogP contribution in [0.4, 0.5) is 0 Å². The summed E-state index contributed by atoms with van der Waals surface area (Å²) in [6.07, 6.45) is 2.71. The van der Waals surface area contributed by atoms with E-state index in [2.05, 4.69) is 83.9 Å². The molecule has 1 N–H and O–H groups in total. The van der Waals surface area contributed by atoms with Gasteiger partial charge in [0, 0.05) is 13.0 Å². The predicted octanol–water partition coefficient (Wildman–Crippen LogP) is 5.87. The number of rotatable bonds is 11. The fourth-order valence-electron chi connectivity index (χ4n) is 2.24. The van der Waals surface area contributed by atoms with Crippen LogP contribution in [0.1, 0.15) is 52.2 Å². The molecule has 0 aliphatic carbocycles. The Morgan fingerprint density at radius 1 is 1.15 bits per heavy atom. The van der Waals surface area contributed by atoms with Crippen molar-refractivity contribution in [3.8, 4) is 0 Å². The zero-order valence-corrected chi connectivity index (χ0v) is 18.9. The van der Waals surface area contributed by atoms with Crippen molar-refractivity contribution in [2.45, 2.75) is 78.6 Å². The molecular formula is C22H39NO2Si. The van der Waals surface area contributed by atoms with E-state index >= 15 is 0 Å². The highest BCUT2D eigenvalue weighted by molar-refractivity contribution is 6.74. The first-order valence-electron chi connectivity index (χ1n) is 9.73. The SMILES string of the molecule is C=CCC(NCc1ccccc1CO[Si](C)(C)C(C)(C)C)OCC(C)C. The summed E-state index contributed by atoms with van der Waals surface area (Å²) in [5.41, 5.74) is 2.53. The lowest BCUT2D eigenvalue weighted by atomic mass is 10.1. The molecular weight excluding hydrogens is 338 g/mol. The average Bonchev–Trinajstić information content (AvgIpc) is 2.55. The second-order valence-corrected chi connectivity index (χ2v) is 13.7. The Balaban J connectivity index is 2.71. The van der Waals surface area contributed by atoms with Crippen molar-refractivity contribution in [3.63, 3.8) is 0 Å². The van der Waals surface area contributed by atoms with Crippen LogP contribution in [0.2, 0.25) is 18.1 Å². The molecule has 26 heavy (non-hydrogen) atoms. The Labute approximate surface area is 162 Å². The van der Waals surface area contributed by atoms with Crippen molar-refractivity contribution >= 4 is 8.32 Å². The molecule has 0 amide bonds. The minimum absolute atomic E-state index is 0.00395. The van der Waals surface area contributed by atoms with Crippen molar-refractivity contribution in [3.05, 3.63) is 48.0 Å². The van der Waals surface area contributed by atoms with Gasteiger partial charge < -0.3 is 9.16 Å². The lowest BCUT2D eigenvalue weighted by Gasteiger charge is -2.36. The van der Waals surface area contributed by atoms with E-state index in [1.807, 2.05) is 6.08 Å². The highest BCUT2D eigenvalue weighted by atomic mass is 28.4. The molecule has 0 aliphatic heterocycles. The Kier molecular flexibility index (Phi) is 9.24. The van der Waals surface area contributed by atoms with Gasteiger partial charge in [-0.05, 0) is 35.2 Å². The molecule has 0 fully saturated rings. The van der Waals surface area contributed by atoms with Crippen molar-refractivity contribution < 1.29 is 9.16 Å². The summed E-state index contributed by atoms with van der Waals surface area (Å²) in [6, 6.07) is 8.51. The number of hydrogen-bond donors (Lipinski definition) is 1. The van der Waals surface area contributed by atoms with E-state index in [0.717, 1.165) is 19.6 Å². The highest BCUT2D eigenvalue weighted by Gasteiger charge is 2.37. The van der Waals surface area contributed by atoms with Crippen LogP contribution < -0.4 is 5.32 Å². The van der Waals surface area contributed by atoms with Crippen molar-refractivity contribution in [2.24, 2.45) is 5.92 Å². The molecule has 148 valence electrons. The predicted molar refractivity (Wildman–Crippen MR) is 115 cm³/mol. The maximum absolute atomic E-state index is 6.42. The first-order valence-corrected chi connectivity index (χ1v) is 12.6. The van der Waals surface area contributed by atoms with Crippen LogP contribution in [0.5, 0.6) is 0 Å². The molecule has 0 aliphatic rings. The van der Waals surface area contributed by atoms with E-state index in [1.165, 1.54) is 11.1 Å². The van der Waals surface area contributed by atoms with Crippen LogP contribution in [-0.4, -0.2) is 21.2 Å². The molecule has 1 aromatic carbocycles. The van der Waals surface area contributed by atoms with E-state index in [9.17, 15) is 0 Å². The zero-order chi connectivity index (χ0) is 19.8. The van der Waals surface area contributed by atoms with E-state index < -0.39 is 8.32 Å². The van der Waals surface area contributed by atoms with Gasteiger partial charge in [0.25, 0.3) is 0 Å². The number of nitrogens with one attached hydrogen (secondary N) is 1. The first-order chi connectivity index (χ1) is 12.1. The normalized spacial score (nSPS) is 13.8. The Morgan fingerprint density at radius 3 is 2.31 bits per heavy atom. The van der Waals surface area contributed by atoms with E-state index in [0.29, 0.717) is 12.5 Å². The molecule has 0 saturated carbocycles. The third kappa shape index (κ3) is 7.75. The zero-order valence-electron chi connectivity index (χ0n) is 17.9. The van der Waals surface area contributed by atoms with E-state index in [1.54, 1.807) is 0 Å². The van der Waals surface area contributed by atoms with Crippen LogP contribution in [0.15, 0.2) is 36.9 Å². The van der Waals surface area contributed by atoms with Gasteiger partial charge in [0.1, 0.15) is 6.23 Å². The van der Waals surface area contributed by atoms with Gasteiger partial charge in [0.15, 0.2) is 8.32 Å². The van der Waals surface area contributed by atoms with Crippen molar-refractivity contribution in [2.75, 3.05) is 6.61 Å². The largest absolute Gasteiger partial charge is 0.413 e. The van der Waals surface area contributed by atoms with Crippen molar-refractivity contribution in [1.29, 1.82) is 0 Å². The maximum atomic E-state index is 6.42. The summed E-state index contributed by atoms with van der Waals surface area (Å²) in [7, 11) is -1.75. The molecule has 1 unspecified atom stereocenters. The summed E-state index contributed by atoms with van der Waals surface area (Å²) in [5, 5.41) is 3.74. The smallest absolute Gasteiger partial charge is 0.192 e. The summed E-state index contributed by atoms with van der Waals surface area (Å²) in [4.78, 5) is 0. The van der Waals surface area contributed by atoms with Gasteiger partial charge in [-0.3, -0.25) is 5.32 Å². The Morgan fingerprint density at radius 2 is 1.77 bits per heavy atom. The molecule has 0 heterocycles. The van der Waals surface area contributed by atoms with Crippen LogP contribution in [0.25, 0.3) is 0 Å². The average molecular weight is 378 g/mol. The topological polar surface area (TPSA) is 30.5 Å². The standard InChI is InChI=1S/C22H39NO2Si/c1-9-12-21(24-16-18(2)3)23-15-19-13-10-11-14-20(19)17-25-26(7,8)22(4,5)6/h9-11,13-14,18,21,23H,1,12,15-17H2,2-8H3. The van der Waals surface area contributed by atoms with Gasteiger partial charge in [-0.15, -0.1) is 6.58 Å². The maximum Gasteiger partial charge on any atom is 0.192 e. The van der Waals surface area contributed by atoms with Crippen LogP contribution in [0.3, 0.4) is 0 Å². The van der Waals surface area contributed by atoms with E-state index in [4.69, 9.17) is 9.16 Å². The summed E-state index contributed by atoms with van der Waals surface area (Å²) in [6.45, 7) is 21.8. The van der Waals surface area contributed by atoms with Gasteiger partial charge in [-0.25, -0.2) is 0 Å². The fourth-order valence-corrected chi connectivity index (χ4v) is 3.19. The number of benzene rings is 1. The Hall–Kier alpha value is -0.943. The number of hydrogen-bond acceptors (Lipinski definition) is 3. The molecule has 0 bridgehead atoms. The minimum Gasteiger partial charge on any atom is -0.413 e. The molecule has 0 aromatic heterocycles. The molecule has 1 atom stereocenters. The first kappa shape index (κ1) is 23.1. The second kappa shape index (κ2) is 10.4. The van der Waals surface area contributed by atoms with Crippen LogP contribution >= 0.6 is 0 Å². The molecule has 0 saturated heterocycles. The second-order valence-electron chi connectivity index (χ2n) is 8.94. The summed E-state index contributed by atoms with van der Waals surface area (Å²) < 4.78 is 12.4. The third-order valence-electron chi connectivity index (χ3n) is 5.04. The summed E-state index contributed by atoms with van der Waals surface area (Å²) >= 11 is 0. The van der Waals surface area contributed by atoms with Gasteiger partial charge in [-0.2, -0.15) is 0 Å². The monoisotopic (exact) mass is 377 g/mol. The Bertz CT molecular complexity index is 549. The molecule has 1 rings (SSSR count). The third-order valence-corrected chi connectivity index (χ3v) is 9.52. The molecule has 4 heteroatoms. The van der Waals surface area contributed by atoms with Gasteiger partial charge in [0.2, 0.25) is 0 Å². The van der Waals surface area contributed by atoms with Crippen molar-refractivity contribution in [1.82, 2.24) is 5.32 Å². The van der Waals surface area contributed by atoms with E-state index in [-0.39, 0.29) is 11.3 Å². The van der Waals surface area contributed by atoms with Gasteiger partial charge in [-0.1, -0.05) is 65.0 Å². The number of ether oxygens (including phenoxy) is 1. The minimum atomic E-state index is -1.75. The van der Waals surface area contributed by atoms with Gasteiger partial charge >= 0.3 is 0 Å². The van der Waals surface area contributed by atoms with Crippen LogP contribution in [-0.2, 0) is 22.3 Å².